The summed E-state index contributed by atoms with van der Waals surface area (Å²) in [6, 6.07) is 16.8. The van der Waals surface area contributed by atoms with Crippen molar-refractivity contribution in [1.29, 1.82) is 0 Å². The molecule has 0 unspecified atom stereocenters. The SMILES string of the molecule is COc1ccccc1CN=C1NC(=O)[C@@H](CC(=O)Nc2ccccc2)S1. The number of hydrogen-bond acceptors (Lipinski definition) is 5. The van der Waals surface area contributed by atoms with Crippen LogP contribution < -0.4 is 15.4 Å². The average Bonchev–Trinajstić information content (AvgIpc) is 3.00. The highest BCUT2D eigenvalue weighted by Gasteiger charge is 2.32. The molecule has 2 aromatic carbocycles. The lowest BCUT2D eigenvalue weighted by atomic mass is 10.2. The molecular weight excluding hydrogens is 350 g/mol. The van der Waals surface area contributed by atoms with E-state index in [9.17, 15) is 9.59 Å². The number of aliphatic imine (C=N–C) groups is 1. The van der Waals surface area contributed by atoms with Crippen LogP contribution >= 0.6 is 11.8 Å². The second kappa shape index (κ2) is 8.53. The lowest BCUT2D eigenvalue weighted by Crippen LogP contribution is -2.28. The Morgan fingerprint density at radius 1 is 1.19 bits per heavy atom. The summed E-state index contributed by atoms with van der Waals surface area (Å²) in [6.45, 7) is 0.398. The van der Waals surface area contributed by atoms with Gasteiger partial charge in [0.1, 0.15) is 11.0 Å². The Hall–Kier alpha value is -2.80. The number of thioether (sulfide) groups is 1. The Labute approximate surface area is 156 Å². The largest absolute Gasteiger partial charge is 0.496 e. The third-order valence-corrected chi connectivity index (χ3v) is 4.91. The van der Waals surface area contributed by atoms with Crippen molar-refractivity contribution in [3.63, 3.8) is 0 Å². The van der Waals surface area contributed by atoms with Gasteiger partial charge in [0, 0.05) is 17.7 Å². The standard InChI is InChI=1S/C19H19N3O3S/c1-25-15-10-6-5-7-13(15)12-20-19-22-18(24)16(26-19)11-17(23)21-14-8-3-2-4-9-14/h2-10,16H,11-12H2,1H3,(H,21,23)(H,20,22,24)/t16-/m1/s1. The number of ether oxygens (including phenoxy) is 1. The van der Waals surface area contributed by atoms with Crippen molar-refractivity contribution in [2.45, 2.75) is 18.2 Å². The van der Waals surface area contributed by atoms with Gasteiger partial charge in [-0.1, -0.05) is 48.2 Å². The minimum Gasteiger partial charge on any atom is -0.496 e. The summed E-state index contributed by atoms with van der Waals surface area (Å²) in [5.74, 6) is 0.358. The minimum atomic E-state index is -0.477. The highest BCUT2D eigenvalue weighted by molar-refractivity contribution is 8.15. The third-order valence-electron chi connectivity index (χ3n) is 3.79. The molecule has 2 amide bonds. The van der Waals surface area contributed by atoms with E-state index in [2.05, 4.69) is 15.6 Å². The summed E-state index contributed by atoms with van der Waals surface area (Å²) in [4.78, 5) is 28.6. The normalized spacial score (nSPS) is 17.8. The number of nitrogens with one attached hydrogen (secondary N) is 2. The van der Waals surface area contributed by atoms with Crippen LogP contribution in [0.1, 0.15) is 12.0 Å². The van der Waals surface area contributed by atoms with Gasteiger partial charge in [-0.2, -0.15) is 0 Å². The number of anilines is 1. The molecule has 2 aromatic rings. The molecule has 6 nitrogen and oxygen atoms in total. The van der Waals surface area contributed by atoms with E-state index in [4.69, 9.17) is 4.74 Å². The van der Waals surface area contributed by atoms with E-state index >= 15 is 0 Å². The summed E-state index contributed by atoms with van der Waals surface area (Å²) < 4.78 is 5.30. The number of benzene rings is 2. The Balaban J connectivity index is 1.57. The van der Waals surface area contributed by atoms with Crippen molar-refractivity contribution in [1.82, 2.24) is 5.32 Å². The van der Waals surface area contributed by atoms with E-state index in [-0.39, 0.29) is 18.2 Å². The number of rotatable bonds is 6. The van der Waals surface area contributed by atoms with Crippen LogP contribution in [0, 0.1) is 0 Å². The molecule has 1 aliphatic heterocycles. The van der Waals surface area contributed by atoms with Gasteiger partial charge in [-0.3, -0.25) is 14.6 Å². The second-order valence-corrected chi connectivity index (χ2v) is 6.84. The zero-order valence-electron chi connectivity index (χ0n) is 14.3. The van der Waals surface area contributed by atoms with Crippen molar-refractivity contribution in [3.8, 4) is 5.75 Å². The molecular formula is C19H19N3O3S. The number of hydrogen-bond donors (Lipinski definition) is 2. The first-order valence-electron chi connectivity index (χ1n) is 8.14. The van der Waals surface area contributed by atoms with E-state index in [1.54, 1.807) is 19.2 Å². The van der Waals surface area contributed by atoms with Gasteiger partial charge in [-0.25, -0.2) is 0 Å². The quantitative estimate of drug-likeness (QED) is 0.821. The molecule has 0 radical (unpaired) electrons. The molecule has 134 valence electrons. The number of para-hydroxylation sites is 2. The molecule has 0 aliphatic carbocycles. The number of carbonyl (C=O) groups is 2. The van der Waals surface area contributed by atoms with Gasteiger partial charge < -0.3 is 15.4 Å². The number of methoxy groups -OCH3 is 1. The molecule has 2 N–H and O–H groups in total. The van der Waals surface area contributed by atoms with Crippen LogP contribution in [0.25, 0.3) is 0 Å². The van der Waals surface area contributed by atoms with Crippen molar-refractivity contribution in [2.24, 2.45) is 4.99 Å². The van der Waals surface area contributed by atoms with Gasteiger partial charge in [-0.15, -0.1) is 0 Å². The fraction of sp³-hybridized carbons (Fsp3) is 0.211. The van der Waals surface area contributed by atoms with Gasteiger partial charge >= 0.3 is 0 Å². The van der Waals surface area contributed by atoms with Crippen LogP contribution in [0.2, 0.25) is 0 Å². The van der Waals surface area contributed by atoms with Crippen molar-refractivity contribution in [3.05, 3.63) is 60.2 Å². The van der Waals surface area contributed by atoms with E-state index in [0.717, 1.165) is 11.3 Å². The van der Waals surface area contributed by atoms with Gasteiger partial charge in [0.25, 0.3) is 0 Å². The van der Waals surface area contributed by atoms with E-state index in [1.807, 2.05) is 42.5 Å². The molecule has 3 rings (SSSR count). The van der Waals surface area contributed by atoms with Crippen molar-refractivity contribution in [2.75, 3.05) is 12.4 Å². The van der Waals surface area contributed by atoms with Crippen LogP contribution in [-0.4, -0.2) is 29.3 Å². The number of nitrogens with zero attached hydrogens (tertiary/aromatic N) is 1. The maximum atomic E-state index is 12.1. The van der Waals surface area contributed by atoms with E-state index in [0.29, 0.717) is 17.4 Å². The first kappa shape index (κ1) is 18.0. The van der Waals surface area contributed by atoms with Gasteiger partial charge in [0.2, 0.25) is 11.8 Å². The monoisotopic (exact) mass is 369 g/mol. The molecule has 1 fully saturated rings. The molecule has 1 aliphatic rings. The lowest BCUT2D eigenvalue weighted by molar-refractivity contribution is -0.122. The Bertz CT molecular complexity index is 824. The van der Waals surface area contributed by atoms with Gasteiger partial charge in [-0.05, 0) is 18.2 Å². The summed E-state index contributed by atoms with van der Waals surface area (Å²) in [5.41, 5.74) is 1.65. The molecule has 0 saturated carbocycles. The molecule has 0 spiro atoms. The fourth-order valence-corrected chi connectivity index (χ4v) is 3.48. The minimum absolute atomic E-state index is 0.0963. The lowest BCUT2D eigenvalue weighted by Gasteiger charge is -2.07. The predicted octanol–water partition coefficient (Wildman–Crippen LogP) is 2.81. The number of amides is 2. The molecule has 0 bridgehead atoms. The molecule has 1 saturated heterocycles. The summed E-state index contributed by atoms with van der Waals surface area (Å²) >= 11 is 1.28. The second-order valence-electron chi connectivity index (χ2n) is 5.65. The molecule has 26 heavy (non-hydrogen) atoms. The summed E-state index contributed by atoms with van der Waals surface area (Å²) in [5, 5.41) is 5.57. The molecule has 7 heteroatoms. The Kier molecular flexibility index (Phi) is 5.91. The zero-order valence-corrected chi connectivity index (χ0v) is 15.1. The highest BCUT2D eigenvalue weighted by Crippen LogP contribution is 2.24. The predicted molar refractivity (Wildman–Crippen MR) is 103 cm³/mol. The first-order valence-corrected chi connectivity index (χ1v) is 9.02. The number of amidine groups is 1. The zero-order chi connectivity index (χ0) is 18.4. The maximum Gasteiger partial charge on any atom is 0.240 e. The molecule has 1 atom stereocenters. The van der Waals surface area contributed by atoms with Gasteiger partial charge in [0.05, 0.1) is 13.7 Å². The van der Waals surface area contributed by atoms with Gasteiger partial charge in [0.15, 0.2) is 5.17 Å². The maximum absolute atomic E-state index is 12.1. The first-order chi connectivity index (χ1) is 12.7. The topological polar surface area (TPSA) is 79.8 Å². The smallest absolute Gasteiger partial charge is 0.240 e. The van der Waals surface area contributed by atoms with Crippen LogP contribution in [0.3, 0.4) is 0 Å². The molecule has 1 heterocycles. The molecule has 0 aromatic heterocycles. The van der Waals surface area contributed by atoms with Crippen LogP contribution in [0.5, 0.6) is 5.75 Å². The fourth-order valence-electron chi connectivity index (χ4n) is 2.51. The van der Waals surface area contributed by atoms with Crippen LogP contribution in [-0.2, 0) is 16.1 Å². The van der Waals surface area contributed by atoms with Crippen LogP contribution in [0.4, 0.5) is 5.69 Å². The summed E-state index contributed by atoms with van der Waals surface area (Å²) in [6.07, 6.45) is 0.0963. The number of carbonyl (C=O) groups excluding carboxylic acids is 2. The highest BCUT2D eigenvalue weighted by atomic mass is 32.2. The summed E-state index contributed by atoms with van der Waals surface area (Å²) in [7, 11) is 1.61. The van der Waals surface area contributed by atoms with E-state index < -0.39 is 5.25 Å². The van der Waals surface area contributed by atoms with E-state index in [1.165, 1.54) is 11.8 Å². The van der Waals surface area contributed by atoms with Crippen molar-refractivity contribution < 1.29 is 14.3 Å². The Morgan fingerprint density at radius 3 is 2.69 bits per heavy atom. The Morgan fingerprint density at radius 2 is 1.92 bits per heavy atom. The van der Waals surface area contributed by atoms with Crippen molar-refractivity contribution >= 4 is 34.4 Å². The van der Waals surface area contributed by atoms with Crippen LogP contribution in [0.15, 0.2) is 59.6 Å². The third kappa shape index (κ3) is 4.64. The average molecular weight is 369 g/mol.